The van der Waals surface area contributed by atoms with Crippen molar-refractivity contribution in [1.29, 1.82) is 0 Å². The van der Waals surface area contributed by atoms with Crippen molar-refractivity contribution in [3.05, 3.63) is 66.4 Å². The minimum absolute atomic E-state index is 0.116. The van der Waals surface area contributed by atoms with Gasteiger partial charge in [-0.2, -0.15) is 18.3 Å². The molecule has 0 aliphatic carbocycles. The number of carbonyl (C=O) groups is 1. The minimum atomic E-state index is -4.49. The molecule has 7 nitrogen and oxygen atoms in total. The number of amides is 1. The van der Waals surface area contributed by atoms with E-state index in [1.807, 2.05) is 31.2 Å². The summed E-state index contributed by atoms with van der Waals surface area (Å²) in [6.07, 6.45) is 1.14. The zero-order valence-electron chi connectivity index (χ0n) is 17.5. The highest BCUT2D eigenvalue weighted by atomic mass is 19.4. The van der Waals surface area contributed by atoms with Crippen LogP contribution < -0.4 is 10.2 Å². The average Bonchev–Trinajstić information content (AvgIpc) is 3.34. The Morgan fingerprint density at radius 3 is 2.69 bits per heavy atom. The number of benzene rings is 1. The van der Waals surface area contributed by atoms with E-state index in [-0.39, 0.29) is 24.3 Å². The van der Waals surface area contributed by atoms with E-state index in [9.17, 15) is 18.0 Å². The molecule has 3 aromatic rings. The second kappa shape index (κ2) is 8.97. The van der Waals surface area contributed by atoms with Gasteiger partial charge < -0.3 is 10.2 Å². The van der Waals surface area contributed by atoms with Crippen LogP contribution in [0.4, 0.5) is 19.0 Å². The number of hydrogen-bond donors (Lipinski definition) is 1. The smallest absolute Gasteiger partial charge is 0.355 e. The molecule has 1 aromatic carbocycles. The molecule has 1 aliphatic heterocycles. The van der Waals surface area contributed by atoms with Gasteiger partial charge in [0.05, 0.1) is 23.2 Å². The molecule has 2 aromatic heterocycles. The van der Waals surface area contributed by atoms with Gasteiger partial charge in [-0.1, -0.05) is 12.1 Å². The Balaban J connectivity index is 1.42. The Hall–Kier alpha value is -3.43. The first kappa shape index (κ1) is 21.8. The van der Waals surface area contributed by atoms with Crippen LogP contribution in [0.25, 0.3) is 5.69 Å². The van der Waals surface area contributed by atoms with Crippen LogP contribution >= 0.6 is 0 Å². The molecule has 10 heteroatoms. The molecule has 0 spiro atoms. The predicted octanol–water partition coefficient (Wildman–Crippen LogP) is 3.77. The van der Waals surface area contributed by atoms with Gasteiger partial charge in [-0.15, -0.1) is 0 Å². The second-order valence-electron chi connectivity index (χ2n) is 7.82. The highest BCUT2D eigenvalue weighted by Gasteiger charge is 2.37. The molecule has 4 rings (SSSR count). The van der Waals surface area contributed by atoms with E-state index in [0.29, 0.717) is 19.4 Å². The first-order valence-corrected chi connectivity index (χ1v) is 10.4. The average molecular weight is 444 g/mol. The molecule has 168 valence electrons. The molecule has 2 unspecified atom stereocenters. The molecule has 0 saturated carbocycles. The first-order chi connectivity index (χ1) is 15.3. The monoisotopic (exact) mass is 444 g/mol. The maximum atomic E-state index is 13.4. The number of rotatable bonds is 5. The van der Waals surface area contributed by atoms with E-state index in [0.717, 1.165) is 17.3 Å². The van der Waals surface area contributed by atoms with Crippen molar-refractivity contribution in [3.63, 3.8) is 0 Å². The van der Waals surface area contributed by atoms with E-state index >= 15 is 0 Å². The van der Waals surface area contributed by atoms with Crippen LogP contribution in [0.2, 0.25) is 0 Å². The highest BCUT2D eigenvalue weighted by Crippen LogP contribution is 2.36. The van der Waals surface area contributed by atoms with Gasteiger partial charge in [-0.25, -0.2) is 14.6 Å². The van der Waals surface area contributed by atoms with Crippen molar-refractivity contribution in [1.82, 2.24) is 25.1 Å². The van der Waals surface area contributed by atoms with Crippen molar-refractivity contribution in [3.8, 4) is 5.69 Å². The number of nitrogens with zero attached hydrogens (tertiary/aromatic N) is 5. The van der Waals surface area contributed by atoms with Gasteiger partial charge in [-0.3, -0.25) is 4.79 Å². The fraction of sp³-hybridized carbons (Fsp3) is 0.364. The molecule has 1 N–H and O–H groups in total. The summed E-state index contributed by atoms with van der Waals surface area (Å²) in [6.45, 7) is 2.51. The summed E-state index contributed by atoms with van der Waals surface area (Å²) in [5.41, 5.74) is 0.990. The van der Waals surface area contributed by atoms with Crippen molar-refractivity contribution in [2.45, 2.75) is 32.0 Å². The molecular weight excluding hydrogens is 421 g/mol. The third-order valence-electron chi connectivity index (χ3n) is 5.62. The normalized spacial score (nSPS) is 17.8. The number of aromatic nitrogens is 4. The largest absolute Gasteiger partial charge is 0.419 e. The molecule has 0 bridgehead atoms. The zero-order valence-corrected chi connectivity index (χ0v) is 17.5. The molecule has 32 heavy (non-hydrogen) atoms. The molecule has 3 heterocycles. The van der Waals surface area contributed by atoms with E-state index in [1.54, 1.807) is 15.9 Å². The van der Waals surface area contributed by atoms with Crippen molar-refractivity contribution in [2.75, 3.05) is 18.0 Å². The quantitative estimate of drug-likeness (QED) is 0.648. The zero-order chi connectivity index (χ0) is 22.7. The number of pyridine rings is 1. The number of carbonyl (C=O) groups excluding carboxylic acids is 1. The Morgan fingerprint density at radius 1 is 1.22 bits per heavy atom. The molecule has 1 saturated heterocycles. The Bertz CT molecular complexity index is 1050. The number of anilines is 1. The molecule has 2 atom stereocenters. The standard InChI is InChI=1S/C22H23F3N6O/c1-15(16-6-8-18(9-7-16)31-14-26-13-28-31)29-21(32)17-4-3-11-30(12-17)20-19(22(23,24)25)5-2-10-27-20/h2,5-10,13-15,17H,3-4,11-12H2,1H3,(H,29,32). The lowest BCUT2D eigenvalue weighted by Gasteiger charge is -2.34. The molecule has 1 fully saturated rings. The van der Waals surface area contributed by atoms with E-state index in [2.05, 4.69) is 20.4 Å². The number of alkyl halides is 3. The van der Waals surface area contributed by atoms with Gasteiger partial charge >= 0.3 is 6.18 Å². The minimum Gasteiger partial charge on any atom is -0.355 e. The van der Waals surface area contributed by atoms with Crippen LogP contribution in [0.5, 0.6) is 0 Å². The highest BCUT2D eigenvalue weighted by molar-refractivity contribution is 5.80. The Kier molecular flexibility index (Phi) is 6.11. The number of halogens is 3. The third-order valence-corrected chi connectivity index (χ3v) is 5.62. The summed E-state index contributed by atoms with van der Waals surface area (Å²) < 4.78 is 41.8. The van der Waals surface area contributed by atoms with Gasteiger partial charge in [0, 0.05) is 19.3 Å². The van der Waals surface area contributed by atoms with Crippen LogP contribution in [0, 0.1) is 5.92 Å². The summed E-state index contributed by atoms with van der Waals surface area (Å²) in [6, 6.07) is 9.62. The lowest BCUT2D eigenvalue weighted by Crippen LogP contribution is -2.44. The summed E-state index contributed by atoms with van der Waals surface area (Å²) in [5.74, 6) is -0.704. The number of nitrogens with one attached hydrogen (secondary N) is 1. The van der Waals surface area contributed by atoms with Gasteiger partial charge in [0.25, 0.3) is 0 Å². The van der Waals surface area contributed by atoms with Gasteiger partial charge in [0.2, 0.25) is 5.91 Å². The van der Waals surface area contributed by atoms with Crippen molar-refractivity contribution in [2.24, 2.45) is 5.92 Å². The summed E-state index contributed by atoms with van der Waals surface area (Å²) in [5, 5.41) is 7.07. The maximum Gasteiger partial charge on any atom is 0.419 e. The van der Waals surface area contributed by atoms with E-state index in [1.165, 1.54) is 18.6 Å². The summed E-state index contributed by atoms with van der Waals surface area (Å²) >= 11 is 0. The van der Waals surface area contributed by atoms with Crippen LogP contribution in [0.1, 0.15) is 36.9 Å². The number of hydrogen-bond acceptors (Lipinski definition) is 5. The Morgan fingerprint density at radius 2 is 2.00 bits per heavy atom. The molecule has 1 aliphatic rings. The fourth-order valence-electron chi connectivity index (χ4n) is 3.93. The topological polar surface area (TPSA) is 75.9 Å². The van der Waals surface area contributed by atoms with Crippen LogP contribution in [0.15, 0.2) is 55.2 Å². The van der Waals surface area contributed by atoms with Gasteiger partial charge in [0.15, 0.2) is 0 Å². The number of piperidine rings is 1. The van der Waals surface area contributed by atoms with Crippen LogP contribution in [0.3, 0.4) is 0 Å². The summed E-state index contributed by atoms with van der Waals surface area (Å²) in [4.78, 5) is 22.3. The predicted molar refractivity (Wildman–Crippen MR) is 112 cm³/mol. The molecular formula is C22H23F3N6O. The second-order valence-corrected chi connectivity index (χ2v) is 7.82. The maximum absolute atomic E-state index is 13.4. The van der Waals surface area contributed by atoms with Crippen molar-refractivity contribution < 1.29 is 18.0 Å². The molecule has 0 radical (unpaired) electrons. The van der Waals surface area contributed by atoms with Crippen LogP contribution in [-0.2, 0) is 11.0 Å². The first-order valence-electron chi connectivity index (χ1n) is 10.4. The van der Waals surface area contributed by atoms with Crippen LogP contribution in [-0.4, -0.2) is 38.7 Å². The molecule has 1 amide bonds. The third kappa shape index (κ3) is 4.74. The van der Waals surface area contributed by atoms with Crippen molar-refractivity contribution >= 4 is 11.7 Å². The van der Waals surface area contributed by atoms with Gasteiger partial charge in [-0.05, 0) is 49.6 Å². The Labute approximate surface area is 183 Å². The van der Waals surface area contributed by atoms with Gasteiger partial charge in [0.1, 0.15) is 18.5 Å². The summed E-state index contributed by atoms with van der Waals surface area (Å²) in [7, 11) is 0. The van der Waals surface area contributed by atoms with E-state index in [4.69, 9.17) is 0 Å². The lowest BCUT2D eigenvalue weighted by molar-refractivity contribution is -0.137. The SMILES string of the molecule is CC(NC(=O)C1CCCN(c2ncccc2C(F)(F)F)C1)c1ccc(-n2cncn2)cc1. The lowest BCUT2D eigenvalue weighted by atomic mass is 9.96. The van der Waals surface area contributed by atoms with E-state index < -0.39 is 17.7 Å². The fourth-order valence-corrected chi connectivity index (χ4v) is 3.93.